The van der Waals surface area contributed by atoms with Crippen LogP contribution in [0, 0.1) is 13.8 Å². The van der Waals surface area contributed by atoms with Gasteiger partial charge in [-0.05, 0) is 37.2 Å². The van der Waals surface area contributed by atoms with Crippen molar-refractivity contribution in [3.05, 3.63) is 29.3 Å². The number of nitrogens with one attached hydrogen (secondary N) is 2. The van der Waals surface area contributed by atoms with Gasteiger partial charge in [0, 0.05) is 5.69 Å². The van der Waals surface area contributed by atoms with E-state index in [4.69, 9.17) is 0 Å². The van der Waals surface area contributed by atoms with Crippen LogP contribution in [0.3, 0.4) is 0 Å². The minimum atomic E-state index is -1.00. The summed E-state index contributed by atoms with van der Waals surface area (Å²) >= 11 is 0.698. The monoisotopic (exact) mass is 264 g/mol. The molecule has 6 heteroatoms. The zero-order chi connectivity index (χ0) is 13.3. The van der Waals surface area contributed by atoms with Gasteiger partial charge in [-0.3, -0.25) is 19.7 Å². The molecule has 0 aliphatic carbocycles. The fourth-order valence-corrected chi connectivity index (χ4v) is 2.39. The number of rotatable bonds is 2. The molecule has 2 N–H and O–H groups in total. The van der Waals surface area contributed by atoms with Gasteiger partial charge in [-0.1, -0.05) is 17.7 Å². The van der Waals surface area contributed by atoms with Crippen LogP contribution < -0.4 is 10.6 Å². The van der Waals surface area contributed by atoms with Gasteiger partial charge in [0.1, 0.15) is 0 Å². The first-order chi connectivity index (χ1) is 8.47. The van der Waals surface area contributed by atoms with E-state index in [1.54, 1.807) is 6.07 Å². The lowest BCUT2D eigenvalue weighted by atomic mass is 10.1. The van der Waals surface area contributed by atoms with Crippen LogP contribution in [-0.4, -0.2) is 22.3 Å². The van der Waals surface area contributed by atoms with Gasteiger partial charge in [0.15, 0.2) is 5.25 Å². The molecular weight excluding hydrogens is 252 g/mol. The fourth-order valence-electron chi connectivity index (χ4n) is 1.68. The number of hydrogen-bond donors (Lipinski definition) is 2. The molecule has 1 aromatic carbocycles. The predicted octanol–water partition coefficient (Wildman–Crippen LogP) is 1.59. The lowest BCUT2D eigenvalue weighted by Gasteiger charge is -2.10. The van der Waals surface area contributed by atoms with E-state index in [-0.39, 0.29) is 0 Å². The Morgan fingerprint density at radius 3 is 2.61 bits per heavy atom. The summed E-state index contributed by atoms with van der Waals surface area (Å²) in [5.41, 5.74) is 2.66. The van der Waals surface area contributed by atoms with E-state index in [2.05, 4.69) is 10.6 Å². The predicted molar refractivity (Wildman–Crippen MR) is 69.5 cm³/mol. The topological polar surface area (TPSA) is 75.3 Å². The van der Waals surface area contributed by atoms with Crippen LogP contribution in [0.2, 0.25) is 0 Å². The van der Waals surface area contributed by atoms with Crippen LogP contribution >= 0.6 is 11.8 Å². The zero-order valence-corrected chi connectivity index (χ0v) is 10.8. The van der Waals surface area contributed by atoms with E-state index >= 15 is 0 Å². The van der Waals surface area contributed by atoms with Crippen LogP contribution in [0.4, 0.5) is 10.5 Å². The van der Waals surface area contributed by atoms with E-state index in [0.29, 0.717) is 17.4 Å². The minimum Gasteiger partial charge on any atom is -0.324 e. The first-order valence-corrected chi connectivity index (χ1v) is 6.25. The van der Waals surface area contributed by atoms with E-state index in [0.717, 1.165) is 11.1 Å². The lowest BCUT2D eigenvalue weighted by molar-refractivity contribution is -0.124. The van der Waals surface area contributed by atoms with Gasteiger partial charge >= 0.3 is 0 Å². The number of hydrogen-bond acceptors (Lipinski definition) is 4. The van der Waals surface area contributed by atoms with Crippen molar-refractivity contribution < 1.29 is 14.4 Å². The summed E-state index contributed by atoms with van der Waals surface area (Å²) in [5, 5.41) is 3.25. The summed E-state index contributed by atoms with van der Waals surface area (Å²) in [7, 11) is 0. The fraction of sp³-hybridized carbons (Fsp3) is 0.250. The molecule has 0 radical (unpaired) electrons. The molecule has 1 unspecified atom stereocenters. The molecule has 0 spiro atoms. The van der Waals surface area contributed by atoms with Crippen LogP contribution in [0.1, 0.15) is 11.1 Å². The number of aryl methyl sites for hydroxylation is 2. The third kappa shape index (κ3) is 2.53. The van der Waals surface area contributed by atoms with Gasteiger partial charge in [-0.25, -0.2) is 0 Å². The summed E-state index contributed by atoms with van der Waals surface area (Å²) in [5.74, 6) is -1.04. The Kier molecular flexibility index (Phi) is 3.38. The van der Waals surface area contributed by atoms with Crippen LogP contribution in [0.15, 0.2) is 18.2 Å². The largest absolute Gasteiger partial charge is 0.324 e. The Hall–Kier alpha value is -1.82. The van der Waals surface area contributed by atoms with Crippen LogP contribution in [0.5, 0.6) is 0 Å². The smallest absolute Gasteiger partial charge is 0.286 e. The van der Waals surface area contributed by atoms with Crippen molar-refractivity contribution >= 4 is 34.5 Å². The van der Waals surface area contributed by atoms with Crippen molar-refractivity contribution in [3.8, 4) is 0 Å². The summed E-state index contributed by atoms with van der Waals surface area (Å²) in [6, 6.07) is 5.58. The molecule has 1 heterocycles. The molecule has 18 heavy (non-hydrogen) atoms. The molecule has 3 amide bonds. The third-order valence-corrected chi connectivity index (χ3v) is 3.55. The number of imide groups is 1. The van der Waals surface area contributed by atoms with Crippen molar-refractivity contribution in [3.63, 3.8) is 0 Å². The number of carbonyl (C=O) groups is 3. The van der Waals surface area contributed by atoms with Gasteiger partial charge in [0.05, 0.1) is 0 Å². The Labute approximate surface area is 108 Å². The summed E-state index contributed by atoms with van der Waals surface area (Å²) in [6.07, 6.45) is 0. The van der Waals surface area contributed by atoms with Gasteiger partial charge in [0.2, 0.25) is 5.91 Å². The highest BCUT2D eigenvalue weighted by molar-refractivity contribution is 8.16. The third-order valence-electron chi connectivity index (χ3n) is 2.57. The molecule has 1 aliphatic heterocycles. The Morgan fingerprint density at radius 1 is 1.33 bits per heavy atom. The second kappa shape index (κ2) is 4.81. The second-order valence-corrected chi connectivity index (χ2v) is 5.16. The first-order valence-electron chi connectivity index (χ1n) is 5.37. The number of anilines is 1. The van der Waals surface area contributed by atoms with E-state index < -0.39 is 22.3 Å². The minimum absolute atomic E-state index is 0.477. The maximum Gasteiger partial charge on any atom is 0.286 e. The second-order valence-electron chi connectivity index (χ2n) is 4.08. The lowest BCUT2D eigenvalue weighted by Crippen LogP contribution is -2.33. The van der Waals surface area contributed by atoms with Gasteiger partial charge < -0.3 is 5.32 Å². The van der Waals surface area contributed by atoms with E-state index in [1.807, 2.05) is 26.0 Å². The van der Waals surface area contributed by atoms with E-state index in [1.165, 1.54) is 0 Å². The first kappa shape index (κ1) is 12.6. The van der Waals surface area contributed by atoms with Crippen LogP contribution in [0.25, 0.3) is 0 Å². The zero-order valence-electron chi connectivity index (χ0n) is 9.94. The van der Waals surface area contributed by atoms with Crippen molar-refractivity contribution in [2.24, 2.45) is 0 Å². The Balaban J connectivity index is 2.12. The van der Waals surface area contributed by atoms with Crippen molar-refractivity contribution in [2.75, 3.05) is 5.32 Å². The van der Waals surface area contributed by atoms with Crippen molar-refractivity contribution in [1.29, 1.82) is 0 Å². The molecule has 1 aliphatic rings. The highest BCUT2D eigenvalue weighted by atomic mass is 32.2. The molecule has 0 saturated carbocycles. The maximum absolute atomic E-state index is 11.9. The maximum atomic E-state index is 11.9. The highest BCUT2D eigenvalue weighted by Crippen LogP contribution is 2.22. The van der Waals surface area contributed by atoms with Crippen molar-refractivity contribution in [2.45, 2.75) is 19.1 Å². The normalized spacial score (nSPS) is 18.7. The average Bonchev–Trinajstić information content (AvgIpc) is 2.62. The highest BCUT2D eigenvalue weighted by Gasteiger charge is 2.37. The Bertz CT molecular complexity index is 542. The summed E-state index contributed by atoms with van der Waals surface area (Å²) in [6.45, 7) is 3.83. The average molecular weight is 264 g/mol. The molecule has 1 fully saturated rings. The molecule has 2 rings (SSSR count). The summed E-state index contributed by atoms with van der Waals surface area (Å²) < 4.78 is 0. The number of thioether (sulfide) groups is 1. The molecule has 94 valence electrons. The number of carbonyl (C=O) groups excluding carboxylic acids is 3. The number of benzene rings is 1. The van der Waals surface area contributed by atoms with Gasteiger partial charge in [0.25, 0.3) is 11.1 Å². The van der Waals surface area contributed by atoms with Crippen molar-refractivity contribution in [1.82, 2.24) is 5.32 Å². The molecule has 1 atom stereocenters. The van der Waals surface area contributed by atoms with Gasteiger partial charge in [-0.2, -0.15) is 0 Å². The summed E-state index contributed by atoms with van der Waals surface area (Å²) in [4.78, 5) is 34.2. The molecule has 1 saturated heterocycles. The molecule has 5 nitrogen and oxygen atoms in total. The quantitative estimate of drug-likeness (QED) is 0.795. The molecule has 1 aromatic rings. The number of amides is 3. The van der Waals surface area contributed by atoms with Gasteiger partial charge in [-0.15, -0.1) is 0 Å². The molecule has 0 bridgehead atoms. The Morgan fingerprint density at radius 2 is 2.06 bits per heavy atom. The SMILES string of the molecule is Cc1ccc(NC(=O)C2SC(=O)NC2=O)c(C)c1. The molecule has 0 aromatic heterocycles. The van der Waals surface area contributed by atoms with Crippen LogP contribution in [-0.2, 0) is 9.59 Å². The molecular formula is C12H12N2O3S. The standard InChI is InChI=1S/C12H12N2O3S/c1-6-3-4-8(7(2)5-6)13-10(15)9-11(16)14-12(17)18-9/h3-5,9H,1-2H3,(H,13,15)(H,14,16,17). The van der Waals surface area contributed by atoms with E-state index in [9.17, 15) is 14.4 Å².